The molecule has 2 saturated carbocycles. The Balaban J connectivity index is 1.56. The summed E-state index contributed by atoms with van der Waals surface area (Å²) < 4.78 is 0. The fourth-order valence-electron chi connectivity index (χ4n) is 4.29. The molecule has 0 spiro atoms. The molecular formula is C17H25NO. The molecular weight excluding hydrogens is 234 g/mol. The SMILES string of the molecule is Cc1cc(=O)[nH]cc1CCC1CCC2CCCC2C1. The molecule has 1 aromatic rings. The molecule has 3 unspecified atom stereocenters. The molecule has 0 amide bonds. The van der Waals surface area contributed by atoms with Gasteiger partial charge in [0.15, 0.2) is 0 Å². The molecule has 19 heavy (non-hydrogen) atoms. The molecule has 2 heteroatoms. The minimum Gasteiger partial charge on any atom is -0.329 e. The van der Waals surface area contributed by atoms with Crippen LogP contribution >= 0.6 is 0 Å². The number of hydrogen-bond acceptors (Lipinski definition) is 1. The van der Waals surface area contributed by atoms with Crippen molar-refractivity contribution in [1.29, 1.82) is 0 Å². The lowest BCUT2D eigenvalue weighted by Gasteiger charge is -2.32. The first-order valence-electron chi connectivity index (χ1n) is 7.90. The first-order valence-corrected chi connectivity index (χ1v) is 7.90. The number of fused-ring (bicyclic) bond motifs is 1. The van der Waals surface area contributed by atoms with Crippen molar-refractivity contribution in [1.82, 2.24) is 4.98 Å². The molecule has 2 fully saturated rings. The lowest BCUT2D eigenvalue weighted by molar-refractivity contribution is 0.200. The van der Waals surface area contributed by atoms with E-state index in [9.17, 15) is 4.79 Å². The number of aryl methyl sites for hydroxylation is 2. The maximum atomic E-state index is 11.2. The Hall–Kier alpha value is -1.05. The van der Waals surface area contributed by atoms with Crippen LogP contribution in [0, 0.1) is 24.7 Å². The van der Waals surface area contributed by atoms with Crippen LogP contribution in [0.5, 0.6) is 0 Å². The largest absolute Gasteiger partial charge is 0.329 e. The van der Waals surface area contributed by atoms with Crippen LogP contribution in [-0.4, -0.2) is 4.98 Å². The summed E-state index contributed by atoms with van der Waals surface area (Å²) in [5.41, 5.74) is 2.50. The zero-order chi connectivity index (χ0) is 13.2. The molecule has 104 valence electrons. The molecule has 1 N–H and O–H groups in total. The lowest BCUT2D eigenvalue weighted by Crippen LogP contribution is -2.21. The van der Waals surface area contributed by atoms with Crippen molar-refractivity contribution in [3.63, 3.8) is 0 Å². The highest BCUT2D eigenvalue weighted by Gasteiger charge is 2.33. The summed E-state index contributed by atoms with van der Waals surface area (Å²) in [7, 11) is 0. The standard InChI is InChI=1S/C17H25NO/c1-12-9-17(19)18-11-16(12)8-6-13-5-7-14-3-2-4-15(14)10-13/h9,11,13-15H,2-8,10H2,1H3,(H,18,19). The molecule has 3 rings (SSSR count). The third-order valence-corrected chi connectivity index (χ3v) is 5.46. The summed E-state index contributed by atoms with van der Waals surface area (Å²) >= 11 is 0. The van der Waals surface area contributed by atoms with Gasteiger partial charge in [-0.05, 0) is 61.5 Å². The molecule has 0 saturated heterocycles. The van der Waals surface area contributed by atoms with E-state index in [0.717, 1.165) is 29.7 Å². The minimum absolute atomic E-state index is 0.0210. The first kappa shape index (κ1) is 13.0. The van der Waals surface area contributed by atoms with E-state index in [4.69, 9.17) is 0 Å². The van der Waals surface area contributed by atoms with Gasteiger partial charge in [0.1, 0.15) is 0 Å². The number of aromatic amines is 1. The summed E-state index contributed by atoms with van der Waals surface area (Å²) in [6, 6.07) is 1.73. The third kappa shape index (κ3) is 2.93. The van der Waals surface area contributed by atoms with Crippen molar-refractivity contribution in [2.45, 2.75) is 58.3 Å². The average molecular weight is 259 g/mol. The summed E-state index contributed by atoms with van der Waals surface area (Å²) in [6.07, 6.45) is 13.2. The average Bonchev–Trinajstić information content (AvgIpc) is 2.85. The normalized spacial score (nSPS) is 30.3. The fourth-order valence-corrected chi connectivity index (χ4v) is 4.29. The number of pyridine rings is 1. The Labute approximate surface area is 115 Å². The van der Waals surface area contributed by atoms with Gasteiger partial charge in [-0.2, -0.15) is 0 Å². The van der Waals surface area contributed by atoms with Crippen LogP contribution < -0.4 is 5.56 Å². The van der Waals surface area contributed by atoms with Crippen LogP contribution in [0.3, 0.4) is 0 Å². The second kappa shape index (κ2) is 5.52. The highest BCUT2D eigenvalue weighted by atomic mass is 16.1. The molecule has 1 aromatic heterocycles. The molecule has 2 aliphatic rings. The van der Waals surface area contributed by atoms with Gasteiger partial charge in [0, 0.05) is 12.3 Å². The number of aromatic nitrogens is 1. The van der Waals surface area contributed by atoms with Gasteiger partial charge < -0.3 is 4.98 Å². The molecule has 1 heterocycles. The van der Waals surface area contributed by atoms with Crippen molar-refractivity contribution in [2.75, 3.05) is 0 Å². The summed E-state index contributed by atoms with van der Waals surface area (Å²) in [4.78, 5) is 14.0. The van der Waals surface area contributed by atoms with Crippen LogP contribution in [0.1, 0.15) is 56.1 Å². The van der Waals surface area contributed by atoms with Gasteiger partial charge in [0.05, 0.1) is 0 Å². The van der Waals surface area contributed by atoms with Gasteiger partial charge in [-0.15, -0.1) is 0 Å². The second-order valence-electron chi connectivity index (χ2n) is 6.67. The lowest BCUT2D eigenvalue weighted by atomic mass is 9.74. The Morgan fingerprint density at radius 1 is 1.21 bits per heavy atom. The Morgan fingerprint density at radius 2 is 2.05 bits per heavy atom. The maximum Gasteiger partial charge on any atom is 0.248 e. The topological polar surface area (TPSA) is 32.9 Å². The van der Waals surface area contributed by atoms with Crippen LogP contribution in [0.15, 0.2) is 17.1 Å². The van der Waals surface area contributed by atoms with E-state index in [2.05, 4.69) is 11.9 Å². The minimum atomic E-state index is 0.0210. The fraction of sp³-hybridized carbons (Fsp3) is 0.706. The summed E-state index contributed by atoms with van der Waals surface area (Å²) in [5.74, 6) is 3.02. The van der Waals surface area contributed by atoms with E-state index in [1.165, 1.54) is 50.5 Å². The number of H-pyrrole nitrogens is 1. The van der Waals surface area contributed by atoms with Crippen LogP contribution in [0.4, 0.5) is 0 Å². The smallest absolute Gasteiger partial charge is 0.248 e. The van der Waals surface area contributed by atoms with Gasteiger partial charge in [-0.1, -0.05) is 25.7 Å². The zero-order valence-electron chi connectivity index (χ0n) is 12.0. The van der Waals surface area contributed by atoms with Crippen molar-refractivity contribution in [3.05, 3.63) is 33.7 Å². The molecule has 2 aliphatic carbocycles. The third-order valence-electron chi connectivity index (χ3n) is 5.46. The van der Waals surface area contributed by atoms with Crippen molar-refractivity contribution in [3.8, 4) is 0 Å². The predicted molar refractivity (Wildman–Crippen MR) is 78.3 cm³/mol. The first-order chi connectivity index (χ1) is 9.22. The predicted octanol–water partition coefficient (Wildman–Crippen LogP) is 3.83. The van der Waals surface area contributed by atoms with Crippen LogP contribution in [-0.2, 0) is 6.42 Å². The number of hydrogen-bond donors (Lipinski definition) is 1. The Morgan fingerprint density at radius 3 is 2.89 bits per heavy atom. The van der Waals surface area contributed by atoms with Crippen LogP contribution in [0.2, 0.25) is 0 Å². The number of rotatable bonds is 3. The zero-order valence-corrected chi connectivity index (χ0v) is 12.0. The van der Waals surface area contributed by atoms with Crippen molar-refractivity contribution < 1.29 is 0 Å². The van der Waals surface area contributed by atoms with Gasteiger partial charge >= 0.3 is 0 Å². The van der Waals surface area contributed by atoms with Gasteiger partial charge in [0.2, 0.25) is 5.56 Å². The Kier molecular flexibility index (Phi) is 3.76. The van der Waals surface area contributed by atoms with Gasteiger partial charge in [-0.25, -0.2) is 0 Å². The van der Waals surface area contributed by atoms with Gasteiger partial charge in [-0.3, -0.25) is 4.79 Å². The highest BCUT2D eigenvalue weighted by molar-refractivity contribution is 5.21. The van der Waals surface area contributed by atoms with E-state index >= 15 is 0 Å². The molecule has 3 atom stereocenters. The van der Waals surface area contributed by atoms with Crippen LogP contribution in [0.25, 0.3) is 0 Å². The summed E-state index contributed by atoms with van der Waals surface area (Å²) in [5, 5.41) is 0. The van der Waals surface area contributed by atoms with E-state index < -0.39 is 0 Å². The summed E-state index contributed by atoms with van der Waals surface area (Å²) in [6.45, 7) is 2.05. The molecule has 0 bridgehead atoms. The maximum absolute atomic E-state index is 11.2. The van der Waals surface area contributed by atoms with E-state index in [1.54, 1.807) is 6.07 Å². The quantitative estimate of drug-likeness (QED) is 0.879. The van der Waals surface area contributed by atoms with E-state index in [0.29, 0.717) is 0 Å². The monoisotopic (exact) mass is 259 g/mol. The highest BCUT2D eigenvalue weighted by Crippen LogP contribution is 2.45. The van der Waals surface area contributed by atoms with Crippen molar-refractivity contribution >= 4 is 0 Å². The molecule has 2 nitrogen and oxygen atoms in total. The number of nitrogens with one attached hydrogen (secondary N) is 1. The second-order valence-corrected chi connectivity index (χ2v) is 6.67. The Bertz CT molecular complexity index is 490. The van der Waals surface area contributed by atoms with E-state index in [-0.39, 0.29) is 5.56 Å². The van der Waals surface area contributed by atoms with Crippen molar-refractivity contribution in [2.24, 2.45) is 17.8 Å². The molecule has 0 radical (unpaired) electrons. The molecule has 0 aliphatic heterocycles. The molecule has 0 aromatic carbocycles. The van der Waals surface area contributed by atoms with E-state index in [1.807, 2.05) is 6.20 Å². The van der Waals surface area contributed by atoms with Gasteiger partial charge in [0.25, 0.3) is 0 Å².